The molecule has 2 rings (SSSR count). The van der Waals surface area contributed by atoms with Gasteiger partial charge in [0, 0.05) is 6.04 Å². The molecule has 0 radical (unpaired) electrons. The fourth-order valence-electron chi connectivity index (χ4n) is 1.73. The first-order valence-corrected chi connectivity index (χ1v) is 4.93. The van der Waals surface area contributed by atoms with Gasteiger partial charge >= 0.3 is 0 Å². The Morgan fingerprint density at radius 3 is 3.07 bits per heavy atom. The molecule has 0 saturated heterocycles. The van der Waals surface area contributed by atoms with Crippen molar-refractivity contribution in [1.82, 2.24) is 10.2 Å². The maximum absolute atomic E-state index is 8.82. The molecular formula is C10H12N4O. The van der Waals surface area contributed by atoms with Crippen LogP contribution < -0.4 is 10.5 Å². The SMILES string of the molecule is N#Cc1ccnnc1OC1CCC(N)C1. The number of ether oxygens (including phenoxy) is 1. The smallest absolute Gasteiger partial charge is 0.251 e. The largest absolute Gasteiger partial charge is 0.472 e. The number of hydrogen-bond acceptors (Lipinski definition) is 5. The van der Waals surface area contributed by atoms with Crippen molar-refractivity contribution >= 4 is 0 Å². The zero-order chi connectivity index (χ0) is 10.7. The third kappa shape index (κ3) is 2.22. The van der Waals surface area contributed by atoms with Crippen molar-refractivity contribution in [2.24, 2.45) is 5.73 Å². The van der Waals surface area contributed by atoms with Crippen LogP contribution in [0.3, 0.4) is 0 Å². The van der Waals surface area contributed by atoms with E-state index < -0.39 is 0 Å². The molecule has 1 aliphatic carbocycles. The van der Waals surface area contributed by atoms with Crippen LogP contribution in [0.5, 0.6) is 5.88 Å². The summed E-state index contributed by atoms with van der Waals surface area (Å²) in [5, 5.41) is 16.3. The summed E-state index contributed by atoms with van der Waals surface area (Å²) >= 11 is 0. The molecule has 1 aromatic heterocycles. The van der Waals surface area contributed by atoms with Gasteiger partial charge in [-0.2, -0.15) is 10.4 Å². The second-order valence-corrected chi connectivity index (χ2v) is 3.67. The molecule has 0 aliphatic heterocycles. The van der Waals surface area contributed by atoms with E-state index in [2.05, 4.69) is 10.2 Å². The molecule has 1 aromatic rings. The lowest BCUT2D eigenvalue weighted by Crippen LogP contribution is -2.19. The Morgan fingerprint density at radius 2 is 2.40 bits per heavy atom. The van der Waals surface area contributed by atoms with E-state index in [1.54, 1.807) is 6.07 Å². The molecule has 0 aromatic carbocycles. The Balaban J connectivity index is 2.08. The Kier molecular flexibility index (Phi) is 2.79. The Hall–Kier alpha value is -1.67. The zero-order valence-electron chi connectivity index (χ0n) is 8.26. The van der Waals surface area contributed by atoms with Gasteiger partial charge < -0.3 is 10.5 Å². The van der Waals surface area contributed by atoms with Gasteiger partial charge in [-0.15, -0.1) is 5.10 Å². The molecule has 5 heteroatoms. The van der Waals surface area contributed by atoms with Gasteiger partial charge in [-0.3, -0.25) is 0 Å². The molecule has 1 saturated carbocycles. The predicted molar refractivity (Wildman–Crippen MR) is 53.0 cm³/mol. The van der Waals surface area contributed by atoms with E-state index in [9.17, 15) is 0 Å². The van der Waals surface area contributed by atoms with Crippen LogP contribution in [0.1, 0.15) is 24.8 Å². The van der Waals surface area contributed by atoms with E-state index in [1.165, 1.54) is 6.20 Å². The molecule has 1 aliphatic rings. The van der Waals surface area contributed by atoms with E-state index in [0.29, 0.717) is 11.4 Å². The standard InChI is InChI=1S/C10H12N4O/c11-6-7-3-4-13-14-10(7)15-9-2-1-8(12)5-9/h3-4,8-9H,1-2,5,12H2. The summed E-state index contributed by atoms with van der Waals surface area (Å²) in [6.45, 7) is 0. The number of hydrogen-bond donors (Lipinski definition) is 1. The Labute approximate surface area is 87.9 Å². The van der Waals surface area contributed by atoms with Gasteiger partial charge in [-0.05, 0) is 25.3 Å². The number of nitriles is 1. The van der Waals surface area contributed by atoms with E-state index in [-0.39, 0.29) is 12.1 Å². The van der Waals surface area contributed by atoms with Crippen molar-refractivity contribution in [2.75, 3.05) is 0 Å². The van der Waals surface area contributed by atoms with Crippen LogP contribution in [0, 0.1) is 11.3 Å². The van der Waals surface area contributed by atoms with Gasteiger partial charge in [-0.1, -0.05) is 0 Å². The van der Waals surface area contributed by atoms with Crippen LogP contribution in [-0.2, 0) is 0 Å². The van der Waals surface area contributed by atoms with Crippen LogP contribution in [0.2, 0.25) is 0 Å². The first-order chi connectivity index (χ1) is 7.29. The maximum Gasteiger partial charge on any atom is 0.251 e. The summed E-state index contributed by atoms with van der Waals surface area (Å²) in [5.74, 6) is 0.319. The highest BCUT2D eigenvalue weighted by atomic mass is 16.5. The maximum atomic E-state index is 8.82. The second kappa shape index (κ2) is 4.24. The van der Waals surface area contributed by atoms with E-state index >= 15 is 0 Å². The van der Waals surface area contributed by atoms with Crippen molar-refractivity contribution < 1.29 is 4.74 Å². The Morgan fingerprint density at radius 1 is 1.53 bits per heavy atom. The molecule has 1 heterocycles. The van der Waals surface area contributed by atoms with Gasteiger partial charge in [0.15, 0.2) is 0 Å². The molecule has 0 amide bonds. The quantitative estimate of drug-likeness (QED) is 0.762. The zero-order valence-corrected chi connectivity index (χ0v) is 8.26. The van der Waals surface area contributed by atoms with E-state index in [4.69, 9.17) is 15.7 Å². The van der Waals surface area contributed by atoms with Gasteiger partial charge in [0.05, 0.1) is 6.20 Å². The van der Waals surface area contributed by atoms with Gasteiger partial charge in [-0.25, -0.2) is 0 Å². The van der Waals surface area contributed by atoms with Gasteiger partial charge in [0.25, 0.3) is 5.88 Å². The summed E-state index contributed by atoms with van der Waals surface area (Å²) < 4.78 is 5.59. The average molecular weight is 204 g/mol. The van der Waals surface area contributed by atoms with E-state index in [0.717, 1.165) is 19.3 Å². The predicted octanol–water partition coefficient (Wildman–Crippen LogP) is 0.607. The fraction of sp³-hybridized carbons (Fsp3) is 0.500. The summed E-state index contributed by atoms with van der Waals surface area (Å²) in [4.78, 5) is 0. The first kappa shape index (κ1) is 9.87. The molecule has 2 atom stereocenters. The van der Waals surface area contributed by atoms with Crippen LogP contribution in [0.25, 0.3) is 0 Å². The van der Waals surface area contributed by atoms with Crippen molar-refractivity contribution in [1.29, 1.82) is 5.26 Å². The minimum absolute atomic E-state index is 0.0730. The monoisotopic (exact) mass is 204 g/mol. The van der Waals surface area contributed by atoms with Crippen molar-refractivity contribution in [3.8, 4) is 11.9 Å². The number of aromatic nitrogens is 2. The third-order valence-corrected chi connectivity index (χ3v) is 2.51. The van der Waals surface area contributed by atoms with Crippen LogP contribution in [0.15, 0.2) is 12.3 Å². The third-order valence-electron chi connectivity index (χ3n) is 2.51. The molecule has 5 nitrogen and oxygen atoms in total. The number of nitrogens with two attached hydrogens (primary N) is 1. The minimum Gasteiger partial charge on any atom is -0.472 e. The molecule has 78 valence electrons. The molecule has 2 N–H and O–H groups in total. The summed E-state index contributed by atoms with van der Waals surface area (Å²) in [6.07, 6.45) is 4.26. The number of nitrogens with zero attached hydrogens (tertiary/aromatic N) is 3. The number of rotatable bonds is 2. The molecule has 2 unspecified atom stereocenters. The fourth-order valence-corrected chi connectivity index (χ4v) is 1.73. The summed E-state index contributed by atoms with van der Waals surface area (Å²) in [6, 6.07) is 3.82. The van der Waals surface area contributed by atoms with Crippen molar-refractivity contribution in [3.63, 3.8) is 0 Å². The molecule has 0 spiro atoms. The normalized spacial score (nSPS) is 24.8. The lowest BCUT2D eigenvalue weighted by atomic mass is 10.3. The minimum atomic E-state index is 0.0730. The Bertz CT molecular complexity index is 387. The molecular weight excluding hydrogens is 192 g/mol. The molecule has 15 heavy (non-hydrogen) atoms. The highest BCUT2D eigenvalue weighted by Gasteiger charge is 2.24. The lowest BCUT2D eigenvalue weighted by Gasteiger charge is -2.12. The van der Waals surface area contributed by atoms with Crippen LogP contribution in [-0.4, -0.2) is 22.3 Å². The van der Waals surface area contributed by atoms with Gasteiger partial charge in [0.2, 0.25) is 0 Å². The van der Waals surface area contributed by atoms with Gasteiger partial charge in [0.1, 0.15) is 17.7 Å². The first-order valence-electron chi connectivity index (χ1n) is 4.93. The molecule has 1 fully saturated rings. The summed E-state index contributed by atoms with van der Waals surface area (Å²) in [7, 11) is 0. The van der Waals surface area contributed by atoms with Crippen LogP contribution in [0.4, 0.5) is 0 Å². The van der Waals surface area contributed by atoms with Crippen molar-refractivity contribution in [2.45, 2.75) is 31.4 Å². The average Bonchev–Trinajstić information content (AvgIpc) is 2.65. The van der Waals surface area contributed by atoms with Crippen molar-refractivity contribution in [3.05, 3.63) is 17.8 Å². The molecule has 0 bridgehead atoms. The highest BCUT2D eigenvalue weighted by Crippen LogP contribution is 2.23. The van der Waals surface area contributed by atoms with E-state index in [1.807, 2.05) is 6.07 Å². The topological polar surface area (TPSA) is 84.8 Å². The summed E-state index contributed by atoms with van der Waals surface area (Å²) in [5.41, 5.74) is 6.19. The lowest BCUT2D eigenvalue weighted by molar-refractivity contribution is 0.197. The second-order valence-electron chi connectivity index (χ2n) is 3.67. The highest BCUT2D eigenvalue weighted by molar-refractivity contribution is 5.35. The van der Waals surface area contributed by atoms with Crippen LogP contribution >= 0.6 is 0 Å².